The molecule has 150 valence electrons. The molecular formula is C21H25ClN2O4. The highest BCUT2D eigenvalue weighted by Gasteiger charge is 2.18. The summed E-state index contributed by atoms with van der Waals surface area (Å²) in [6.07, 6.45) is 0.983. The van der Waals surface area contributed by atoms with Crippen LogP contribution in [0.4, 0.5) is 11.4 Å². The quantitative estimate of drug-likeness (QED) is 0.674. The molecule has 0 bridgehead atoms. The fourth-order valence-corrected chi connectivity index (χ4v) is 3.33. The fourth-order valence-electron chi connectivity index (χ4n) is 3.03. The summed E-state index contributed by atoms with van der Waals surface area (Å²) in [5.74, 6) is 1.48. The molecule has 3 rings (SSSR count). The molecular weight excluding hydrogens is 380 g/mol. The summed E-state index contributed by atoms with van der Waals surface area (Å²) < 4.78 is 16.2. The number of nitrogens with zero attached hydrogens (tertiary/aromatic N) is 1. The molecule has 0 spiro atoms. The lowest BCUT2D eigenvalue weighted by Gasteiger charge is -2.31. The van der Waals surface area contributed by atoms with Gasteiger partial charge >= 0.3 is 0 Å². The van der Waals surface area contributed by atoms with E-state index in [1.165, 1.54) is 0 Å². The van der Waals surface area contributed by atoms with Gasteiger partial charge in [0.05, 0.1) is 43.3 Å². The van der Waals surface area contributed by atoms with Crippen molar-refractivity contribution >= 4 is 28.9 Å². The Bertz CT molecular complexity index is 776. The van der Waals surface area contributed by atoms with Crippen LogP contribution in [-0.4, -0.2) is 45.9 Å². The van der Waals surface area contributed by atoms with E-state index >= 15 is 0 Å². The van der Waals surface area contributed by atoms with Crippen LogP contribution in [0.2, 0.25) is 5.02 Å². The maximum atomic E-state index is 12.4. The number of benzene rings is 2. The summed E-state index contributed by atoms with van der Waals surface area (Å²) in [5.41, 5.74) is 1.59. The van der Waals surface area contributed by atoms with Crippen molar-refractivity contribution in [1.29, 1.82) is 0 Å². The smallest absolute Gasteiger partial charge is 0.224 e. The van der Waals surface area contributed by atoms with Crippen molar-refractivity contribution in [3.63, 3.8) is 0 Å². The zero-order chi connectivity index (χ0) is 19.8. The van der Waals surface area contributed by atoms with Crippen molar-refractivity contribution in [2.24, 2.45) is 0 Å². The first-order valence-corrected chi connectivity index (χ1v) is 9.73. The number of amides is 1. The van der Waals surface area contributed by atoms with E-state index in [1.807, 2.05) is 42.5 Å². The molecule has 1 heterocycles. The van der Waals surface area contributed by atoms with Crippen molar-refractivity contribution in [2.75, 3.05) is 50.2 Å². The lowest BCUT2D eigenvalue weighted by molar-refractivity contribution is -0.116. The molecule has 0 radical (unpaired) electrons. The second-order valence-corrected chi connectivity index (χ2v) is 6.82. The molecule has 0 aliphatic carbocycles. The minimum absolute atomic E-state index is 0.0601. The van der Waals surface area contributed by atoms with Gasteiger partial charge in [0.2, 0.25) is 5.91 Å². The molecule has 1 aliphatic heterocycles. The van der Waals surface area contributed by atoms with Gasteiger partial charge in [-0.3, -0.25) is 4.79 Å². The van der Waals surface area contributed by atoms with E-state index in [-0.39, 0.29) is 5.91 Å². The number of rotatable bonds is 8. The van der Waals surface area contributed by atoms with Gasteiger partial charge in [0.25, 0.3) is 0 Å². The number of carbonyl (C=O) groups is 1. The minimum Gasteiger partial charge on any atom is -0.497 e. The van der Waals surface area contributed by atoms with Gasteiger partial charge < -0.3 is 24.4 Å². The molecule has 0 saturated carbocycles. The van der Waals surface area contributed by atoms with Crippen LogP contribution in [0.15, 0.2) is 42.5 Å². The Morgan fingerprint density at radius 1 is 1.14 bits per heavy atom. The molecule has 0 aromatic heterocycles. The van der Waals surface area contributed by atoms with Crippen molar-refractivity contribution in [3.8, 4) is 11.5 Å². The summed E-state index contributed by atoms with van der Waals surface area (Å²) in [4.78, 5) is 14.5. The third-order valence-corrected chi connectivity index (χ3v) is 4.77. The Morgan fingerprint density at radius 2 is 1.86 bits per heavy atom. The topological polar surface area (TPSA) is 60.0 Å². The Labute approximate surface area is 170 Å². The summed E-state index contributed by atoms with van der Waals surface area (Å²) in [5, 5.41) is 3.61. The van der Waals surface area contributed by atoms with Gasteiger partial charge in [0, 0.05) is 19.5 Å². The predicted molar refractivity (Wildman–Crippen MR) is 111 cm³/mol. The zero-order valence-electron chi connectivity index (χ0n) is 15.9. The maximum Gasteiger partial charge on any atom is 0.224 e. The van der Waals surface area contributed by atoms with E-state index in [1.54, 1.807) is 7.11 Å². The van der Waals surface area contributed by atoms with Gasteiger partial charge in [-0.05, 0) is 42.8 Å². The number of hydrogen-bond acceptors (Lipinski definition) is 5. The molecule has 1 amide bonds. The van der Waals surface area contributed by atoms with Crippen LogP contribution < -0.4 is 19.7 Å². The zero-order valence-corrected chi connectivity index (χ0v) is 16.7. The molecule has 0 unspecified atom stereocenters. The van der Waals surface area contributed by atoms with Crippen LogP contribution in [-0.2, 0) is 9.53 Å². The summed E-state index contributed by atoms with van der Waals surface area (Å²) in [6.45, 7) is 3.28. The molecule has 6 nitrogen and oxygen atoms in total. The lowest BCUT2D eigenvalue weighted by Crippen LogP contribution is -2.37. The van der Waals surface area contributed by atoms with E-state index in [0.717, 1.165) is 36.0 Å². The number of para-hydroxylation sites is 1. The Balaban J connectivity index is 1.50. The second-order valence-electron chi connectivity index (χ2n) is 6.41. The number of methoxy groups -OCH3 is 1. The number of nitrogens with one attached hydrogen (secondary N) is 1. The highest BCUT2D eigenvalue weighted by atomic mass is 35.5. The standard InChI is InChI=1S/C21H25ClN2O4/c1-26-16-7-9-17(10-8-16)28-13-3-6-20(25)23-19-5-2-4-18(22)21(19)24-11-14-27-15-12-24/h2,4-5,7-10H,3,6,11-15H2,1H3,(H,23,25). The minimum atomic E-state index is -0.0601. The SMILES string of the molecule is COc1ccc(OCCCC(=O)Nc2cccc(Cl)c2N2CCOCC2)cc1. The number of hydrogen-bond donors (Lipinski definition) is 1. The van der Waals surface area contributed by atoms with Crippen LogP contribution in [0.25, 0.3) is 0 Å². The van der Waals surface area contributed by atoms with Gasteiger partial charge in [-0.15, -0.1) is 0 Å². The maximum absolute atomic E-state index is 12.4. The highest BCUT2D eigenvalue weighted by molar-refractivity contribution is 6.34. The van der Waals surface area contributed by atoms with Crippen molar-refractivity contribution in [2.45, 2.75) is 12.8 Å². The van der Waals surface area contributed by atoms with E-state index in [4.69, 9.17) is 25.8 Å². The molecule has 28 heavy (non-hydrogen) atoms. The number of carbonyl (C=O) groups excluding carboxylic acids is 1. The molecule has 1 fully saturated rings. The molecule has 7 heteroatoms. The molecule has 2 aromatic carbocycles. The van der Waals surface area contributed by atoms with Crippen molar-refractivity contribution < 1.29 is 19.0 Å². The molecule has 1 saturated heterocycles. The number of anilines is 2. The van der Waals surface area contributed by atoms with E-state index in [2.05, 4.69) is 10.2 Å². The third kappa shape index (κ3) is 5.53. The largest absolute Gasteiger partial charge is 0.497 e. The van der Waals surface area contributed by atoms with Crippen LogP contribution >= 0.6 is 11.6 Å². The van der Waals surface area contributed by atoms with E-state index in [9.17, 15) is 4.79 Å². The second kappa shape index (κ2) is 10.2. The predicted octanol–water partition coefficient (Wildman–Crippen LogP) is 3.98. The molecule has 1 N–H and O–H groups in total. The molecule has 0 atom stereocenters. The van der Waals surface area contributed by atoms with Gasteiger partial charge in [0.15, 0.2) is 0 Å². The average Bonchev–Trinajstić information content (AvgIpc) is 2.72. The average molecular weight is 405 g/mol. The van der Waals surface area contributed by atoms with Gasteiger partial charge in [0.1, 0.15) is 11.5 Å². The molecule has 2 aromatic rings. The van der Waals surface area contributed by atoms with Crippen LogP contribution in [0.1, 0.15) is 12.8 Å². The summed E-state index contributed by atoms with van der Waals surface area (Å²) >= 11 is 6.40. The lowest BCUT2D eigenvalue weighted by atomic mass is 10.2. The van der Waals surface area contributed by atoms with Gasteiger partial charge in [-0.1, -0.05) is 17.7 Å². The number of morpholine rings is 1. The van der Waals surface area contributed by atoms with Crippen LogP contribution in [0.5, 0.6) is 11.5 Å². The summed E-state index contributed by atoms with van der Waals surface area (Å²) in [7, 11) is 1.62. The Hall–Kier alpha value is -2.44. The van der Waals surface area contributed by atoms with Crippen LogP contribution in [0.3, 0.4) is 0 Å². The Kier molecular flexibility index (Phi) is 7.39. The number of ether oxygens (including phenoxy) is 3. The monoisotopic (exact) mass is 404 g/mol. The number of halogens is 1. The van der Waals surface area contributed by atoms with Crippen molar-refractivity contribution in [1.82, 2.24) is 0 Å². The first kappa shape index (κ1) is 20.3. The van der Waals surface area contributed by atoms with E-state index in [0.29, 0.717) is 37.7 Å². The van der Waals surface area contributed by atoms with Gasteiger partial charge in [-0.2, -0.15) is 0 Å². The van der Waals surface area contributed by atoms with E-state index < -0.39 is 0 Å². The first-order valence-electron chi connectivity index (χ1n) is 9.35. The summed E-state index contributed by atoms with van der Waals surface area (Å²) in [6, 6.07) is 12.9. The highest BCUT2D eigenvalue weighted by Crippen LogP contribution is 2.34. The molecule has 1 aliphatic rings. The third-order valence-electron chi connectivity index (χ3n) is 4.46. The van der Waals surface area contributed by atoms with Crippen molar-refractivity contribution in [3.05, 3.63) is 47.5 Å². The normalized spacial score (nSPS) is 13.9. The van der Waals surface area contributed by atoms with Crippen LogP contribution in [0, 0.1) is 0 Å². The Morgan fingerprint density at radius 3 is 2.57 bits per heavy atom. The first-order chi connectivity index (χ1) is 13.7. The van der Waals surface area contributed by atoms with Gasteiger partial charge in [-0.25, -0.2) is 0 Å². The fraction of sp³-hybridized carbons (Fsp3) is 0.381.